The predicted octanol–water partition coefficient (Wildman–Crippen LogP) is 1.78. The standard InChI is InChI=1S/C16H16N4O/c1-10-4-11(7-17)2-3-13(10)14-8-19-20-9-12(5-15(14)20)6-16(18)21/h2-4,8,12H,5-6,9H2,1H3,(H2,18,21). The first-order chi connectivity index (χ1) is 10.1. The summed E-state index contributed by atoms with van der Waals surface area (Å²) in [6.45, 7) is 2.74. The summed E-state index contributed by atoms with van der Waals surface area (Å²) >= 11 is 0. The minimum atomic E-state index is -0.262. The highest BCUT2D eigenvalue weighted by atomic mass is 16.1. The molecule has 0 radical (unpaired) electrons. The molecular weight excluding hydrogens is 264 g/mol. The van der Waals surface area contributed by atoms with Crippen molar-refractivity contribution in [1.82, 2.24) is 9.78 Å². The van der Waals surface area contributed by atoms with Crippen molar-refractivity contribution >= 4 is 5.91 Å². The molecule has 0 spiro atoms. The van der Waals surface area contributed by atoms with Crippen LogP contribution in [0.1, 0.15) is 23.2 Å². The van der Waals surface area contributed by atoms with Gasteiger partial charge < -0.3 is 5.73 Å². The Morgan fingerprint density at radius 2 is 2.33 bits per heavy atom. The molecule has 2 N–H and O–H groups in total. The number of nitrogens with two attached hydrogens (primary N) is 1. The van der Waals surface area contributed by atoms with Crippen LogP contribution in [-0.2, 0) is 17.8 Å². The van der Waals surface area contributed by atoms with Gasteiger partial charge in [0, 0.05) is 24.2 Å². The number of primary amides is 1. The summed E-state index contributed by atoms with van der Waals surface area (Å²) in [4.78, 5) is 11.1. The van der Waals surface area contributed by atoms with Crippen molar-refractivity contribution in [3.8, 4) is 17.2 Å². The van der Waals surface area contributed by atoms with Gasteiger partial charge in [0.1, 0.15) is 0 Å². The molecule has 1 unspecified atom stereocenters. The van der Waals surface area contributed by atoms with E-state index in [1.807, 2.05) is 36.0 Å². The Hall–Kier alpha value is -2.61. The third kappa shape index (κ3) is 2.40. The molecule has 0 aliphatic carbocycles. The van der Waals surface area contributed by atoms with Crippen molar-refractivity contribution in [2.75, 3.05) is 0 Å². The van der Waals surface area contributed by atoms with E-state index in [0.29, 0.717) is 12.0 Å². The highest BCUT2D eigenvalue weighted by molar-refractivity contribution is 5.74. The van der Waals surface area contributed by atoms with E-state index in [9.17, 15) is 4.79 Å². The molecule has 5 heteroatoms. The van der Waals surface area contributed by atoms with Crippen LogP contribution in [0.2, 0.25) is 0 Å². The summed E-state index contributed by atoms with van der Waals surface area (Å²) in [5.41, 5.74) is 10.3. The largest absolute Gasteiger partial charge is 0.370 e. The summed E-state index contributed by atoms with van der Waals surface area (Å²) in [5, 5.41) is 13.4. The molecule has 1 aromatic carbocycles. The van der Waals surface area contributed by atoms with Gasteiger partial charge in [0.05, 0.1) is 17.8 Å². The van der Waals surface area contributed by atoms with Crippen molar-refractivity contribution < 1.29 is 4.79 Å². The summed E-state index contributed by atoms with van der Waals surface area (Å²) in [5.74, 6) is -0.0227. The van der Waals surface area contributed by atoms with Crippen LogP contribution in [0.25, 0.3) is 11.1 Å². The molecule has 5 nitrogen and oxygen atoms in total. The number of amides is 1. The Balaban J connectivity index is 1.94. The van der Waals surface area contributed by atoms with Crippen LogP contribution < -0.4 is 5.73 Å². The number of carbonyl (C=O) groups excluding carboxylic acids is 1. The molecule has 1 aliphatic heterocycles. The third-order valence-corrected chi connectivity index (χ3v) is 4.00. The highest BCUT2D eigenvalue weighted by Crippen LogP contribution is 2.33. The van der Waals surface area contributed by atoms with Crippen LogP contribution in [0, 0.1) is 24.2 Å². The maximum Gasteiger partial charge on any atom is 0.217 e. The van der Waals surface area contributed by atoms with Crippen molar-refractivity contribution in [3.63, 3.8) is 0 Å². The smallest absolute Gasteiger partial charge is 0.217 e. The number of aromatic nitrogens is 2. The van der Waals surface area contributed by atoms with Gasteiger partial charge in [-0.25, -0.2) is 0 Å². The molecule has 0 saturated heterocycles. The number of fused-ring (bicyclic) bond motifs is 1. The van der Waals surface area contributed by atoms with Gasteiger partial charge >= 0.3 is 0 Å². The lowest BCUT2D eigenvalue weighted by Gasteiger charge is -2.07. The zero-order valence-electron chi connectivity index (χ0n) is 11.8. The van der Waals surface area contributed by atoms with Crippen LogP contribution >= 0.6 is 0 Å². The number of nitrogens with zero attached hydrogens (tertiary/aromatic N) is 3. The van der Waals surface area contributed by atoms with Gasteiger partial charge in [-0.3, -0.25) is 9.48 Å². The zero-order chi connectivity index (χ0) is 15.0. The van der Waals surface area contributed by atoms with Gasteiger partial charge in [-0.1, -0.05) is 6.07 Å². The number of hydrogen-bond acceptors (Lipinski definition) is 3. The fourth-order valence-electron chi connectivity index (χ4n) is 3.05. The summed E-state index contributed by atoms with van der Waals surface area (Å²) in [6, 6.07) is 7.82. The maximum atomic E-state index is 11.1. The maximum absolute atomic E-state index is 11.1. The second-order valence-electron chi connectivity index (χ2n) is 5.57. The fourth-order valence-corrected chi connectivity index (χ4v) is 3.05. The van der Waals surface area contributed by atoms with E-state index in [0.717, 1.165) is 35.3 Å². The van der Waals surface area contributed by atoms with E-state index < -0.39 is 0 Å². The molecule has 1 aliphatic rings. The quantitative estimate of drug-likeness (QED) is 0.930. The summed E-state index contributed by atoms with van der Waals surface area (Å²) in [6.07, 6.45) is 3.08. The van der Waals surface area contributed by atoms with Crippen molar-refractivity contribution in [2.45, 2.75) is 26.3 Å². The molecule has 2 heterocycles. The number of rotatable bonds is 3. The molecule has 0 fully saturated rings. The van der Waals surface area contributed by atoms with E-state index in [1.54, 1.807) is 0 Å². The fraction of sp³-hybridized carbons (Fsp3) is 0.312. The van der Waals surface area contributed by atoms with E-state index in [2.05, 4.69) is 11.2 Å². The SMILES string of the molecule is Cc1cc(C#N)ccc1-c1cnn2c1CC(CC(N)=O)C2. The highest BCUT2D eigenvalue weighted by Gasteiger charge is 2.27. The minimum absolute atomic E-state index is 0.239. The summed E-state index contributed by atoms with van der Waals surface area (Å²) < 4.78 is 1.96. The van der Waals surface area contributed by atoms with Gasteiger partial charge in [0.25, 0.3) is 0 Å². The topological polar surface area (TPSA) is 84.7 Å². The number of hydrogen-bond donors (Lipinski definition) is 1. The van der Waals surface area contributed by atoms with Gasteiger partial charge in [-0.2, -0.15) is 10.4 Å². The first-order valence-corrected chi connectivity index (χ1v) is 6.92. The molecule has 0 bridgehead atoms. The minimum Gasteiger partial charge on any atom is -0.370 e. The summed E-state index contributed by atoms with van der Waals surface area (Å²) in [7, 11) is 0. The zero-order valence-corrected chi connectivity index (χ0v) is 11.8. The normalized spacial score (nSPS) is 16.5. The van der Waals surface area contributed by atoms with Gasteiger partial charge in [-0.05, 0) is 42.5 Å². The number of carbonyl (C=O) groups is 1. The number of benzene rings is 1. The van der Waals surface area contributed by atoms with Crippen molar-refractivity contribution in [3.05, 3.63) is 41.2 Å². The molecule has 0 saturated carbocycles. The lowest BCUT2D eigenvalue weighted by molar-refractivity contribution is -0.118. The first kappa shape index (κ1) is 13.4. The molecule has 3 rings (SSSR count). The van der Waals surface area contributed by atoms with Crippen molar-refractivity contribution in [2.24, 2.45) is 11.7 Å². The monoisotopic (exact) mass is 280 g/mol. The Kier molecular flexibility index (Phi) is 3.22. The van der Waals surface area contributed by atoms with Crippen LogP contribution in [-0.4, -0.2) is 15.7 Å². The Morgan fingerprint density at radius 1 is 1.52 bits per heavy atom. The molecule has 1 atom stereocenters. The average molecular weight is 280 g/mol. The first-order valence-electron chi connectivity index (χ1n) is 6.92. The van der Waals surface area contributed by atoms with E-state index in [-0.39, 0.29) is 11.8 Å². The molecular formula is C16H16N4O. The molecule has 21 heavy (non-hydrogen) atoms. The Morgan fingerprint density at radius 3 is 3.00 bits per heavy atom. The molecule has 1 aromatic heterocycles. The molecule has 1 amide bonds. The lowest BCUT2D eigenvalue weighted by atomic mass is 9.95. The van der Waals surface area contributed by atoms with E-state index in [1.165, 1.54) is 0 Å². The van der Waals surface area contributed by atoms with E-state index in [4.69, 9.17) is 11.0 Å². The molecule has 2 aromatic rings. The lowest BCUT2D eigenvalue weighted by Crippen LogP contribution is -2.17. The Labute approximate surface area is 123 Å². The van der Waals surface area contributed by atoms with Gasteiger partial charge in [0.15, 0.2) is 0 Å². The molecule has 106 valence electrons. The predicted molar refractivity (Wildman–Crippen MR) is 78.1 cm³/mol. The Bertz CT molecular complexity index is 754. The van der Waals surface area contributed by atoms with Crippen LogP contribution in [0.3, 0.4) is 0 Å². The van der Waals surface area contributed by atoms with Crippen LogP contribution in [0.4, 0.5) is 0 Å². The van der Waals surface area contributed by atoms with Gasteiger partial charge in [-0.15, -0.1) is 0 Å². The second-order valence-corrected chi connectivity index (χ2v) is 5.57. The third-order valence-electron chi connectivity index (χ3n) is 4.00. The van der Waals surface area contributed by atoms with Crippen LogP contribution in [0.5, 0.6) is 0 Å². The van der Waals surface area contributed by atoms with E-state index >= 15 is 0 Å². The number of aryl methyl sites for hydroxylation is 1. The van der Waals surface area contributed by atoms with Crippen LogP contribution in [0.15, 0.2) is 24.4 Å². The average Bonchev–Trinajstić information content (AvgIpc) is 2.98. The van der Waals surface area contributed by atoms with Gasteiger partial charge in [0.2, 0.25) is 5.91 Å². The second kappa shape index (κ2) is 5.06. The number of nitriles is 1. The van der Waals surface area contributed by atoms with Crippen molar-refractivity contribution in [1.29, 1.82) is 5.26 Å².